The van der Waals surface area contributed by atoms with Gasteiger partial charge in [0.1, 0.15) is 5.75 Å². The second-order valence-electron chi connectivity index (χ2n) is 6.18. The molecule has 126 valence electrons. The van der Waals surface area contributed by atoms with E-state index in [1.807, 2.05) is 30.3 Å². The molecule has 0 amide bonds. The average Bonchev–Trinajstić information content (AvgIpc) is 3.18. The quantitative estimate of drug-likeness (QED) is 0.565. The summed E-state index contributed by atoms with van der Waals surface area (Å²) >= 11 is 0. The van der Waals surface area contributed by atoms with Gasteiger partial charge in [0.05, 0.1) is 16.7 Å². The van der Waals surface area contributed by atoms with Gasteiger partial charge in [0.25, 0.3) is 0 Å². The maximum absolute atomic E-state index is 6.16. The molecule has 4 aromatic rings. The molecule has 6 nitrogen and oxygen atoms in total. The van der Waals surface area contributed by atoms with E-state index in [-0.39, 0.29) is 0 Å². The number of pyridine rings is 1. The molecular formula is C20H15N5O. The SMILES string of the molecule is c1cc(-c2nc3c(c(Oc4ccc5nccnc5c4)n2)CCC3)ccn1. The number of hydrogen-bond acceptors (Lipinski definition) is 6. The third kappa shape index (κ3) is 2.65. The van der Waals surface area contributed by atoms with Crippen molar-refractivity contribution < 1.29 is 4.74 Å². The number of aromatic nitrogens is 5. The molecule has 3 heterocycles. The molecule has 0 unspecified atom stereocenters. The van der Waals surface area contributed by atoms with Crippen LogP contribution in [0, 0.1) is 0 Å². The van der Waals surface area contributed by atoms with E-state index in [9.17, 15) is 0 Å². The Morgan fingerprint density at radius 3 is 2.54 bits per heavy atom. The van der Waals surface area contributed by atoms with Gasteiger partial charge in [-0.05, 0) is 43.5 Å². The van der Waals surface area contributed by atoms with Gasteiger partial charge >= 0.3 is 0 Å². The van der Waals surface area contributed by atoms with E-state index in [4.69, 9.17) is 14.7 Å². The molecule has 0 bridgehead atoms. The second kappa shape index (κ2) is 6.15. The number of ether oxygens (including phenoxy) is 1. The highest BCUT2D eigenvalue weighted by Crippen LogP contribution is 2.33. The first-order chi connectivity index (χ1) is 12.9. The van der Waals surface area contributed by atoms with Crippen molar-refractivity contribution in [2.24, 2.45) is 0 Å². The topological polar surface area (TPSA) is 73.7 Å². The Morgan fingerprint density at radius 1 is 0.808 bits per heavy atom. The molecule has 0 spiro atoms. The van der Waals surface area contributed by atoms with E-state index >= 15 is 0 Å². The van der Waals surface area contributed by atoms with Crippen LogP contribution in [0.25, 0.3) is 22.4 Å². The molecule has 0 N–H and O–H groups in total. The fraction of sp³-hybridized carbons (Fsp3) is 0.150. The van der Waals surface area contributed by atoms with E-state index in [1.165, 1.54) is 0 Å². The summed E-state index contributed by atoms with van der Waals surface area (Å²) in [6.45, 7) is 0. The molecule has 1 aromatic carbocycles. The van der Waals surface area contributed by atoms with E-state index in [1.54, 1.807) is 24.8 Å². The summed E-state index contributed by atoms with van der Waals surface area (Å²) in [5.41, 5.74) is 4.74. The molecule has 0 aliphatic heterocycles. The van der Waals surface area contributed by atoms with Crippen LogP contribution in [0.4, 0.5) is 0 Å². The average molecular weight is 341 g/mol. The summed E-state index contributed by atoms with van der Waals surface area (Å²) in [6, 6.07) is 9.51. The fourth-order valence-electron chi connectivity index (χ4n) is 3.23. The van der Waals surface area contributed by atoms with Crippen LogP contribution in [0.2, 0.25) is 0 Å². The van der Waals surface area contributed by atoms with Gasteiger partial charge in [-0.3, -0.25) is 15.0 Å². The largest absolute Gasteiger partial charge is 0.439 e. The monoisotopic (exact) mass is 341 g/mol. The number of nitrogens with zero attached hydrogens (tertiary/aromatic N) is 5. The molecule has 1 aliphatic rings. The van der Waals surface area contributed by atoms with Crippen LogP contribution in [0.1, 0.15) is 17.7 Å². The van der Waals surface area contributed by atoms with Crippen molar-refractivity contribution in [1.29, 1.82) is 0 Å². The Labute approximate surface area is 150 Å². The summed E-state index contributed by atoms with van der Waals surface area (Å²) in [6.07, 6.45) is 9.81. The molecule has 0 atom stereocenters. The van der Waals surface area contributed by atoms with Crippen molar-refractivity contribution in [2.45, 2.75) is 19.3 Å². The molecule has 3 aromatic heterocycles. The van der Waals surface area contributed by atoms with Crippen LogP contribution in [0.15, 0.2) is 55.1 Å². The summed E-state index contributed by atoms with van der Waals surface area (Å²) in [7, 11) is 0. The third-order valence-corrected chi connectivity index (χ3v) is 4.49. The van der Waals surface area contributed by atoms with Gasteiger partial charge in [-0.2, -0.15) is 4.98 Å². The Bertz CT molecular complexity index is 1100. The molecule has 0 saturated heterocycles. The molecule has 0 saturated carbocycles. The molecule has 1 aliphatic carbocycles. The Balaban J connectivity index is 1.58. The van der Waals surface area contributed by atoms with Crippen molar-refractivity contribution >= 4 is 11.0 Å². The lowest BCUT2D eigenvalue weighted by atomic mass is 10.2. The van der Waals surface area contributed by atoms with Crippen LogP contribution in [-0.2, 0) is 12.8 Å². The van der Waals surface area contributed by atoms with Gasteiger partial charge in [0.15, 0.2) is 5.82 Å². The lowest BCUT2D eigenvalue weighted by Crippen LogP contribution is -2.01. The number of fused-ring (bicyclic) bond motifs is 2. The van der Waals surface area contributed by atoms with E-state index in [0.717, 1.165) is 47.1 Å². The normalized spacial score (nSPS) is 12.9. The highest BCUT2D eigenvalue weighted by Gasteiger charge is 2.21. The van der Waals surface area contributed by atoms with Crippen molar-refractivity contribution in [3.8, 4) is 23.0 Å². The first-order valence-electron chi connectivity index (χ1n) is 8.56. The maximum Gasteiger partial charge on any atom is 0.226 e. The van der Waals surface area contributed by atoms with Gasteiger partial charge < -0.3 is 4.74 Å². The molecule has 5 rings (SSSR count). The van der Waals surface area contributed by atoms with Crippen molar-refractivity contribution in [1.82, 2.24) is 24.9 Å². The molecular weight excluding hydrogens is 326 g/mol. The number of rotatable bonds is 3. The van der Waals surface area contributed by atoms with Gasteiger partial charge in [-0.1, -0.05) is 0 Å². The minimum absolute atomic E-state index is 0.627. The minimum Gasteiger partial charge on any atom is -0.439 e. The van der Waals surface area contributed by atoms with Gasteiger partial charge in [-0.25, -0.2) is 4.98 Å². The van der Waals surface area contributed by atoms with Crippen molar-refractivity contribution in [3.63, 3.8) is 0 Å². The van der Waals surface area contributed by atoms with Gasteiger partial charge in [0.2, 0.25) is 5.88 Å². The van der Waals surface area contributed by atoms with Gasteiger partial charge in [-0.15, -0.1) is 0 Å². The standard InChI is InChI=1S/C20H15N5O/c1-2-15-16(3-1)24-19(13-6-8-21-9-7-13)25-20(15)26-14-4-5-17-18(12-14)23-11-10-22-17/h4-12H,1-3H2. The Hall–Kier alpha value is -3.41. The van der Waals surface area contributed by atoms with Crippen LogP contribution in [-0.4, -0.2) is 24.9 Å². The van der Waals surface area contributed by atoms with Crippen LogP contribution < -0.4 is 4.74 Å². The van der Waals surface area contributed by atoms with Crippen LogP contribution >= 0.6 is 0 Å². The predicted octanol–water partition coefficient (Wildman–Crippen LogP) is 3.76. The first-order valence-corrected chi connectivity index (χ1v) is 8.56. The molecule has 6 heteroatoms. The number of aryl methyl sites for hydroxylation is 1. The third-order valence-electron chi connectivity index (χ3n) is 4.49. The second-order valence-corrected chi connectivity index (χ2v) is 6.18. The number of benzene rings is 1. The predicted molar refractivity (Wildman–Crippen MR) is 96.9 cm³/mol. The van der Waals surface area contributed by atoms with Crippen LogP contribution in [0.5, 0.6) is 11.6 Å². The zero-order valence-corrected chi connectivity index (χ0v) is 14.0. The maximum atomic E-state index is 6.16. The zero-order chi connectivity index (χ0) is 17.3. The fourth-order valence-corrected chi connectivity index (χ4v) is 3.23. The Morgan fingerprint density at radius 2 is 1.65 bits per heavy atom. The highest BCUT2D eigenvalue weighted by atomic mass is 16.5. The molecule has 26 heavy (non-hydrogen) atoms. The summed E-state index contributed by atoms with van der Waals surface area (Å²) in [4.78, 5) is 22.1. The lowest BCUT2D eigenvalue weighted by Gasteiger charge is -2.11. The minimum atomic E-state index is 0.627. The first kappa shape index (κ1) is 14.9. The van der Waals surface area contributed by atoms with Crippen molar-refractivity contribution in [2.75, 3.05) is 0 Å². The summed E-state index contributed by atoms with van der Waals surface area (Å²) in [5.74, 6) is 2.00. The van der Waals surface area contributed by atoms with E-state index in [2.05, 4.69) is 15.0 Å². The highest BCUT2D eigenvalue weighted by molar-refractivity contribution is 5.75. The van der Waals surface area contributed by atoms with Gasteiger partial charge in [0, 0.05) is 42.0 Å². The summed E-state index contributed by atoms with van der Waals surface area (Å²) < 4.78 is 6.16. The molecule has 0 fully saturated rings. The Kier molecular flexibility index (Phi) is 3.52. The van der Waals surface area contributed by atoms with Crippen molar-refractivity contribution in [3.05, 3.63) is 66.4 Å². The van der Waals surface area contributed by atoms with E-state index < -0.39 is 0 Å². The lowest BCUT2D eigenvalue weighted by molar-refractivity contribution is 0.457. The zero-order valence-electron chi connectivity index (χ0n) is 14.0. The molecule has 0 radical (unpaired) electrons. The van der Waals surface area contributed by atoms with E-state index in [0.29, 0.717) is 17.5 Å². The van der Waals surface area contributed by atoms with Crippen LogP contribution in [0.3, 0.4) is 0 Å². The summed E-state index contributed by atoms with van der Waals surface area (Å²) in [5, 5.41) is 0. The number of hydrogen-bond donors (Lipinski definition) is 0. The smallest absolute Gasteiger partial charge is 0.226 e.